The summed E-state index contributed by atoms with van der Waals surface area (Å²) in [5, 5.41) is 13.9. The van der Waals surface area contributed by atoms with E-state index in [0.717, 1.165) is 0 Å². The summed E-state index contributed by atoms with van der Waals surface area (Å²) in [4.78, 5) is 23.2. The van der Waals surface area contributed by atoms with Gasteiger partial charge in [0.2, 0.25) is 0 Å². The Bertz CT molecular complexity index is 1070. The van der Waals surface area contributed by atoms with Crippen molar-refractivity contribution in [2.45, 2.75) is 6.54 Å². The molecule has 1 aromatic heterocycles. The van der Waals surface area contributed by atoms with Crippen molar-refractivity contribution in [2.24, 2.45) is 0 Å². The number of nitrogens with one attached hydrogen (secondary N) is 1. The first-order valence-electron chi connectivity index (χ1n) is 8.89. The van der Waals surface area contributed by atoms with E-state index in [1.807, 2.05) is 0 Å². The highest BCUT2D eigenvalue weighted by Gasteiger charge is 2.20. The Labute approximate surface area is 172 Å². The largest absolute Gasteiger partial charge is 0.496 e. The number of nitro groups is 1. The normalized spacial score (nSPS) is 10.4. The lowest BCUT2D eigenvalue weighted by molar-refractivity contribution is -0.384. The number of ether oxygens (including phenoxy) is 3. The van der Waals surface area contributed by atoms with Crippen LogP contribution in [0, 0.1) is 10.1 Å². The number of furan rings is 1. The predicted octanol–water partition coefficient (Wildman–Crippen LogP) is 3.81. The van der Waals surface area contributed by atoms with Crippen LogP contribution >= 0.6 is 0 Å². The fraction of sp³-hybridized carbons (Fsp3) is 0.190. The number of para-hydroxylation sites is 1. The quantitative estimate of drug-likeness (QED) is 0.442. The number of hydrogen-bond acceptors (Lipinski definition) is 7. The van der Waals surface area contributed by atoms with E-state index in [1.54, 1.807) is 30.3 Å². The standard InChI is InChI=1S/C21H20N2O7/c1-27-18-11-20(29-3)19(28-2)10-13(18)12-22-21(24)17-9-8-16(30-17)14-6-4-5-7-15(14)23(25)26/h4-11H,12H2,1-3H3,(H,22,24). The van der Waals surface area contributed by atoms with Crippen LogP contribution in [0.2, 0.25) is 0 Å². The van der Waals surface area contributed by atoms with Crippen LogP contribution < -0.4 is 19.5 Å². The number of methoxy groups -OCH3 is 3. The Morgan fingerprint density at radius 2 is 1.67 bits per heavy atom. The van der Waals surface area contributed by atoms with Gasteiger partial charge in [-0.25, -0.2) is 0 Å². The van der Waals surface area contributed by atoms with Crippen molar-refractivity contribution >= 4 is 11.6 Å². The molecule has 1 amide bonds. The third-order valence-corrected chi connectivity index (χ3v) is 4.42. The second kappa shape index (κ2) is 8.99. The van der Waals surface area contributed by atoms with Gasteiger partial charge in [-0.1, -0.05) is 12.1 Å². The molecule has 30 heavy (non-hydrogen) atoms. The molecule has 156 valence electrons. The zero-order chi connectivity index (χ0) is 21.7. The van der Waals surface area contributed by atoms with Gasteiger partial charge in [0.1, 0.15) is 11.5 Å². The summed E-state index contributed by atoms with van der Waals surface area (Å²) in [5.41, 5.74) is 0.867. The maximum Gasteiger partial charge on any atom is 0.287 e. The Morgan fingerprint density at radius 1 is 1.00 bits per heavy atom. The molecular weight excluding hydrogens is 392 g/mol. The molecule has 0 aliphatic heterocycles. The third kappa shape index (κ3) is 4.19. The molecule has 0 bridgehead atoms. The van der Waals surface area contributed by atoms with Crippen LogP contribution in [0.1, 0.15) is 16.1 Å². The van der Waals surface area contributed by atoms with Gasteiger partial charge in [0.05, 0.1) is 31.8 Å². The molecule has 0 saturated carbocycles. The first kappa shape index (κ1) is 20.7. The number of nitrogens with zero attached hydrogens (tertiary/aromatic N) is 1. The molecule has 0 radical (unpaired) electrons. The summed E-state index contributed by atoms with van der Waals surface area (Å²) in [5.74, 6) is 1.31. The molecule has 0 aliphatic carbocycles. The molecule has 0 spiro atoms. The molecule has 0 aliphatic rings. The van der Waals surface area contributed by atoms with Gasteiger partial charge in [0.15, 0.2) is 17.3 Å². The fourth-order valence-electron chi connectivity index (χ4n) is 2.94. The number of benzene rings is 2. The van der Waals surface area contributed by atoms with Crippen LogP contribution in [0.3, 0.4) is 0 Å². The summed E-state index contributed by atoms with van der Waals surface area (Å²) >= 11 is 0. The molecule has 3 aromatic rings. The zero-order valence-electron chi connectivity index (χ0n) is 16.6. The third-order valence-electron chi connectivity index (χ3n) is 4.42. The Morgan fingerprint density at radius 3 is 2.33 bits per heavy atom. The van der Waals surface area contributed by atoms with E-state index >= 15 is 0 Å². The van der Waals surface area contributed by atoms with E-state index in [0.29, 0.717) is 28.4 Å². The van der Waals surface area contributed by atoms with Crippen LogP contribution in [0.5, 0.6) is 17.2 Å². The van der Waals surface area contributed by atoms with Crippen molar-refractivity contribution in [2.75, 3.05) is 21.3 Å². The van der Waals surface area contributed by atoms with Gasteiger partial charge in [-0.05, 0) is 24.3 Å². The maximum atomic E-state index is 12.5. The van der Waals surface area contributed by atoms with E-state index in [4.69, 9.17) is 18.6 Å². The molecule has 9 heteroatoms. The Balaban J connectivity index is 1.78. The van der Waals surface area contributed by atoms with Gasteiger partial charge >= 0.3 is 0 Å². The highest BCUT2D eigenvalue weighted by molar-refractivity contribution is 5.92. The Hall–Kier alpha value is -4.01. The zero-order valence-corrected chi connectivity index (χ0v) is 16.6. The van der Waals surface area contributed by atoms with Gasteiger partial charge in [-0.15, -0.1) is 0 Å². The minimum Gasteiger partial charge on any atom is -0.496 e. The molecule has 1 heterocycles. The van der Waals surface area contributed by atoms with Gasteiger partial charge < -0.3 is 23.9 Å². The average Bonchev–Trinajstić information content (AvgIpc) is 3.27. The van der Waals surface area contributed by atoms with Crippen molar-refractivity contribution < 1.29 is 28.3 Å². The minimum absolute atomic E-state index is 0.0302. The van der Waals surface area contributed by atoms with E-state index < -0.39 is 10.8 Å². The highest BCUT2D eigenvalue weighted by Crippen LogP contribution is 2.35. The minimum atomic E-state index is -0.499. The van der Waals surface area contributed by atoms with Crippen molar-refractivity contribution in [3.05, 3.63) is 70.0 Å². The lowest BCUT2D eigenvalue weighted by Crippen LogP contribution is -2.22. The molecule has 0 fully saturated rings. The van der Waals surface area contributed by atoms with Crippen LogP contribution in [0.25, 0.3) is 11.3 Å². The van der Waals surface area contributed by atoms with Crippen molar-refractivity contribution in [1.29, 1.82) is 0 Å². The van der Waals surface area contributed by atoms with Crippen molar-refractivity contribution in [3.8, 4) is 28.6 Å². The SMILES string of the molecule is COc1cc(OC)c(OC)cc1CNC(=O)c1ccc(-c2ccccc2[N+](=O)[O-])o1. The maximum absolute atomic E-state index is 12.5. The Kier molecular flexibility index (Phi) is 6.21. The highest BCUT2D eigenvalue weighted by atomic mass is 16.6. The lowest BCUT2D eigenvalue weighted by atomic mass is 10.1. The summed E-state index contributed by atoms with van der Waals surface area (Å²) in [6, 6.07) is 12.5. The molecule has 2 aromatic carbocycles. The summed E-state index contributed by atoms with van der Waals surface area (Å²) in [6.45, 7) is 0.143. The first-order valence-corrected chi connectivity index (χ1v) is 8.89. The number of nitro benzene ring substituents is 1. The smallest absolute Gasteiger partial charge is 0.287 e. The molecule has 0 unspecified atom stereocenters. The molecule has 9 nitrogen and oxygen atoms in total. The summed E-state index contributed by atoms with van der Waals surface area (Å²) in [6.07, 6.45) is 0. The number of carbonyl (C=O) groups excluding carboxylic acids is 1. The predicted molar refractivity (Wildman–Crippen MR) is 108 cm³/mol. The van der Waals surface area contributed by atoms with Gasteiger partial charge in [-0.3, -0.25) is 14.9 Å². The van der Waals surface area contributed by atoms with E-state index in [1.165, 1.54) is 39.5 Å². The molecule has 0 saturated heterocycles. The monoisotopic (exact) mass is 412 g/mol. The second-order valence-corrected chi connectivity index (χ2v) is 6.14. The van der Waals surface area contributed by atoms with Crippen LogP contribution in [0.4, 0.5) is 5.69 Å². The molecule has 1 N–H and O–H groups in total. The van der Waals surface area contributed by atoms with Gasteiger partial charge in [0, 0.05) is 24.2 Å². The van der Waals surface area contributed by atoms with E-state index in [2.05, 4.69) is 5.32 Å². The van der Waals surface area contributed by atoms with Crippen LogP contribution in [0.15, 0.2) is 52.9 Å². The van der Waals surface area contributed by atoms with Gasteiger partial charge in [-0.2, -0.15) is 0 Å². The van der Waals surface area contributed by atoms with Crippen molar-refractivity contribution in [3.63, 3.8) is 0 Å². The number of amides is 1. The second-order valence-electron chi connectivity index (χ2n) is 6.14. The van der Waals surface area contributed by atoms with Crippen LogP contribution in [-0.2, 0) is 6.54 Å². The number of rotatable bonds is 8. The lowest BCUT2D eigenvalue weighted by Gasteiger charge is -2.14. The fourth-order valence-corrected chi connectivity index (χ4v) is 2.94. The van der Waals surface area contributed by atoms with Gasteiger partial charge in [0.25, 0.3) is 11.6 Å². The van der Waals surface area contributed by atoms with Crippen molar-refractivity contribution in [1.82, 2.24) is 5.32 Å². The number of hydrogen-bond donors (Lipinski definition) is 1. The van der Waals surface area contributed by atoms with E-state index in [9.17, 15) is 14.9 Å². The topological polar surface area (TPSA) is 113 Å². The molecule has 0 atom stereocenters. The first-order chi connectivity index (χ1) is 14.5. The molecule has 3 rings (SSSR count). The summed E-state index contributed by atoms with van der Waals surface area (Å²) in [7, 11) is 4.54. The summed E-state index contributed by atoms with van der Waals surface area (Å²) < 4.78 is 21.4. The van der Waals surface area contributed by atoms with E-state index in [-0.39, 0.29) is 23.8 Å². The average molecular weight is 412 g/mol. The van der Waals surface area contributed by atoms with Crippen LogP contribution in [-0.4, -0.2) is 32.2 Å². The molecular formula is C21H20N2O7. The number of carbonyl (C=O) groups is 1.